The van der Waals surface area contributed by atoms with E-state index in [0.717, 1.165) is 33.0 Å². The topological polar surface area (TPSA) is 53.6 Å². The van der Waals surface area contributed by atoms with E-state index in [0.29, 0.717) is 11.0 Å². The maximum Gasteiger partial charge on any atom is 0.183 e. The predicted octanol–water partition coefficient (Wildman–Crippen LogP) is 4.95. The molecular weight excluding hydrogens is 328 g/mol. The minimum absolute atomic E-state index is 0.561. The molecule has 0 aliphatic heterocycles. The summed E-state index contributed by atoms with van der Waals surface area (Å²) in [6.07, 6.45) is 1.79. The van der Waals surface area contributed by atoms with Crippen LogP contribution in [0.2, 0.25) is 4.47 Å². The van der Waals surface area contributed by atoms with E-state index in [4.69, 9.17) is 16.6 Å². The van der Waals surface area contributed by atoms with Crippen molar-refractivity contribution in [2.75, 3.05) is 5.32 Å². The SMILES string of the molecule is Clc1ncc(CNc2cccc3[nH]c(-c4ccccc4)nc23)s1. The van der Waals surface area contributed by atoms with Gasteiger partial charge in [0, 0.05) is 16.6 Å². The molecule has 0 unspecified atom stereocenters. The van der Waals surface area contributed by atoms with E-state index < -0.39 is 0 Å². The summed E-state index contributed by atoms with van der Waals surface area (Å²) in [6.45, 7) is 0.678. The van der Waals surface area contributed by atoms with Gasteiger partial charge in [-0.1, -0.05) is 48.0 Å². The van der Waals surface area contributed by atoms with Crippen LogP contribution in [0.15, 0.2) is 54.7 Å². The van der Waals surface area contributed by atoms with Crippen LogP contribution in [-0.4, -0.2) is 15.0 Å². The van der Waals surface area contributed by atoms with Crippen LogP contribution >= 0.6 is 22.9 Å². The lowest BCUT2D eigenvalue weighted by molar-refractivity contribution is 1.18. The summed E-state index contributed by atoms with van der Waals surface area (Å²) in [5.74, 6) is 0.871. The van der Waals surface area contributed by atoms with Crippen LogP contribution in [0, 0.1) is 0 Å². The zero-order valence-electron chi connectivity index (χ0n) is 12.1. The molecule has 4 aromatic rings. The summed E-state index contributed by atoms with van der Waals surface area (Å²) in [6, 6.07) is 16.2. The summed E-state index contributed by atoms with van der Waals surface area (Å²) in [5, 5.41) is 3.41. The number of H-pyrrole nitrogens is 1. The van der Waals surface area contributed by atoms with Gasteiger partial charge < -0.3 is 10.3 Å². The largest absolute Gasteiger partial charge is 0.378 e. The Morgan fingerprint density at radius 2 is 1.96 bits per heavy atom. The Bertz CT molecular complexity index is 946. The van der Waals surface area contributed by atoms with Gasteiger partial charge in [-0.25, -0.2) is 9.97 Å². The highest BCUT2D eigenvalue weighted by Gasteiger charge is 2.09. The van der Waals surface area contributed by atoms with Crippen molar-refractivity contribution in [1.82, 2.24) is 15.0 Å². The number of hydrogen-bond donors (Lipinski definition) is 2. The fourth-order valence-corrected chi connectivity index (χ4v) is 3.37. The van der Waals surface area contributed by atoms with E-state index >= 15 is 0 Å². The number of anilines is 1. The smallest absolute Gasteiger partial charge is 0.183 e. The lowest BCUT2D eigenvalue weighted by Crippen LogP contribution is -1.97. The van der Waals surface area contributed by atoms with Crippen molar-refractivity contribution in [1.29, 1.82) is 0 Å². The number of imidazole rings is 1. The van der Waals surface area contributed by atoms with Crippen molar-refractivity contribution >= 4 is 39.7 Å². The Morgan fingerprint density at radius 3 is 2.74 bits per heavy atom. The quantitative estimate of drug-likeness (QED) is 0.552. The Morgan fingerprint density at radius 1 is 1.09 bits per heavy atom. The number of nitrogens with one attached hydrogen (secondary N) is 2. The molecule has 2 N–H and O–H groups in total. The summed E-state index contributed by atoms with van der Waals surface area (Å²) in [7, 11) is 0. The highest BCUT2D eigenvalue weighted by Crippen LogP contribution is 2.26. The van der Waals surface area contributed by atoms with Crippen LogP contribution in [0.5, 0.6) is 0 Å². The summed E-state index contributed by atoms with van der Waals surface area (Å²) >= 11 is 7.35. The van der Waals surface area contributed by atoms with Gasteiger partial charge in [0.15, 0.2) is 4.47 Å². The van der Waals surface area contributed by atoms with E-state index in [2.05, 4.69) is 15.3 Å². The van der Waals surface area contributed by atoms with Gasteiger partial charge in [-0.05, 0) is 12.1 Å². The number of fused-ring (bicyclic) bond motifs is 1. The molecule has 0 amide bonds. The zero-order chi connectivity index (χ0) is 15.6. The van der Waals surface area contributed by atoms with Crippen molar-refractivity contribution in [3.63, 3.8) is 0 Å². The number of hydrogen-bond acceptors (Lipinski definition) is 4. The van der Waals surface area contributed by atoms with Crippen molar-refractivity contribution < 1.29 is 0 Å². The molecule has 0 fully saturated rings. The predicted molar refractivity (Wildman–Crippen MR) is 96.0 cm³/mol. The van der Waals surface area contributed by atoms with E-state index in [1.807, 2.05) is 48.5 Å². The van der Waals surface area contributed by atoms with Crippen LogP contribution in [0.3, 0.4) is 0 Å². The van der Waals surface area contributed by atoms with Crippen molar-refractivity contribution in [3.8, 4) is 11.4 Å². The number of nitrogens with zero attached hydrogens (tertiary/aromatic N) is 2. The van der Waals surface area contributed by atoms with E-state index in [-0.39, 0.29) is 0 Å². The zero-order valence-corrected chi connectivity index (χ0v) is 13.7. The number of rotatable bonds is 4. The molecule has 0 atom stereocenters. The van der Waals surface area contributed by atoms with Gasteiger partial charge in [-0.15, -0.1) is 11.3 Å². The number of benzene rings is 2. The van der Waals surface area contributed by atoms with Crippen LogP contribution < -0.4 is 5.32 Å². The molecule has 4 nitrogen and oxygen atoms in total. The van der Waals surface area contributed by atoms with E-state index in [1.54, 1.807) is 6.20 Å². The summed E-state index contributed by atoms with van der Waals surface area (Å²) in [4.78, 5) is 13.3. The van der Waals surface area contributed by atoms with Crippen LogP contribution in [0.4, 0.5) is 5.69 Å². The Hall–Kier alpha value is -2.37. The Labute approximate surface area is 142 Å². The molecule has 0 spiro atoms. The molecule has 0 aliphatic rings. The molecule has 6 heteroatoms. The maximum atomic E-state index is 5.87. The molecule has 0 saturated carbocycles. The third kappa shape index (κ3) is 2.93. The second kappa shape index (κ2) is 6.02. The highest BCUT2D eigenvalue weighted by molar-refractivity contribution is 7.15. The minimum Gasteiger partial charge on any atom is -0.378 e. The third-order valence-corrected chi connectivity index (χ3v) is 4.65. The fraction of sp³-hybridized carbons (Fsp3) is 0.0588. The van der Waals surface area contributed by atoms with Crippen molar-refractivity contribution in [2.45, 2.75) is 6.54 Å². The molecule has 2 heterocycles. The summed E-state index contributed by atoms with van der Waals surface area (Å²) < 4.78 is 0.561. The molecule has 114 valence electrons. The molecule has 0 aliphatic carbocycles. The van der Waals surface area contributed by atoms with E-state index in [1.165, 1.54) is 11.3 Å². The lowest BCUT2D eigenvalue weighted by Gasteiger charge is -2.04. The summed E-state index contributed by atoms with van der Waals surface area (Å²) in [5.41, 5.74) is 4.01. The van der Waals surface area contributed by atoms with Crippen LogP contribution in [0.1, 0.15) is 4.88 Å². The normalized spacial score (nSPS) is 11.0. The van der Waals surface area contributed by atoms with Crippen LogP contribution in [0.25, 0.3) is 22.4 Å². The molecule has 23 heavy (non-hydrogen) atoms. The maximum absolute atomic E-state index is 5.87. The number of para-hydroxylation sites is 1. The Kier molecular flexibility index (Phi) is 3.73. The average molecular weight is 341 g/mol. The van der Waals surface area contributed by atoms with Gasteiger partial charge in [-0.2, -0.15) is 0 Å². The standard InChI is InChI=1S/C17H13ClN4S/c18-17-20-10-12(23-17)9-19-13-7-4-8-14-15(13)22-16(21-14)11-5-2-1-3-6-11/h1-8,10,19H,9H2,(H,21,22). The van der Waals surface area contributed by atoms with Gasteiger partial charge in [-0.3, -0.25) is 0 Å². The van der Waals surface area contributed by atoms with Crippen LogP contribution in [-0.2, 0) is 6.54 Å². The average Bonchev–Trinajstić information content (AvgIpc) is 3.20. The minimum atomic E-state index is 0.561. The molecule has 0 bridgehead atoms. The first kappa shape index (κ1) is 14.2. The van der Waals surface area contributed by atoms with Crippen molar-refractivity contribution in [2.24, 2.45) is 0 Å². The molecule has 2 aromatic heterocycles. The van der Waals surface area contributed by atoms with Gasteiger partial charge in [0.25, 0.3) is 0 Å². The molecule has 0 radical (unpaired) electrons. The molecule has 4 rings (SSSR count). The molecular formula is C17H13ClN4S. The number of halogens is 1. The van der Waals surface area contributed by atoms with Gasteiger partial charge in [0.1, 0.15) is 11.3 Å². The number of aromatic nitrogens is 3. The molecule has 2 aromatic carbocycles. The Balaban J connectivity index is 1.66. The van der Waals surface area contributed by atoms with Gasteiger partial charge in [0.05, 0.1) is 17.7 Å². The van der Waals surface area contributed by atoms with Gasteiger partial charge >= 0.3 is 0 Å². The van der Waals surface area contributed by atoms with Crippen molar-refractivity contribution in [3.05, 3.63) is 64.1 Å². The fourth-order valence-electron chi connectivity index (χ4n) is 2.46. The first-order valence-corrected chi connectivity index (χ1v) is 8.37. The number of aromatic amines is 1. The third-order valence-electron chi connectivity index (χ3n) is 3.54. The lowest BCUT2D eigenvalue weighted by atomic mass is 10.2. The van der Waals surface area contributed by atoms with Gasteiger partial charge in [0.2, 0.25) is 0 Å². The first-order chi connectivity index (χ1) is 11.3. The second-order valence-corrected chi connectivity index (χ2v) is 6.78. The second-order valence-electron chi connectivity index (χ2n) is 5.09. The first-order valence-electron chi connectivity index (χ1n) is 7.18. The molecule has 0 saturated heterocycles. The highest BCUT2D eigenvalue weighted by atomic mass is 35.5. The van der Waals surface area contributed by atoms with E-state index in [9.17, 15) is 0 Å². The monoisotopic (exact) mass is 340 g/mol. The number of thiazole rings is 1.